The van der Waals surface area contributed by atoms with Crippen molar-refractivity contribution in [1.82, 2.24) is 15.3 Å². The van der Waals surface area contributed by atoms with E-state index >= 15 is 0 Å². The van der Waals surface area contributed by atoms with Crippen LogP contribution < -0.4 is 10.6 Å². The number of anilines is 2. The molecule has 0 aliphatic carbocycles. The topological polar surface area (TPSA) is 49.8 Å². The minimum Gasteiger partial charge on any atom is -0.340 e. The number of nitrogens with one attached hydrogen (secondary N) is 2. The summed E-state index contributed by atoms with van der Waals surface area (Å²) in [6.07, 6.45) is 2.62. The number of nitrogens with zero attached hydrogens (tertiary/aromatic N) is 2. The van der Waals surface area contributed by atoms with Gasteiger partial charge in [0.05, 0.1) is 5.69 Å². The molecule has 1 aromatic heterocycles. The largest absolute Gasteiger partial charge is 0.340 e. The molecule has 0 unspecified atom stereocenters. The van der Waals surface area contributed by atoms with Gasteiger partial charge in [-0.3, -0.25) is 0 Å². The van der Waals surface area contributed by atoms with Crippen molar-refractivity contribution in [2.45, 2.75) is 26.8 Å². The second-order valence-electron chi connectivity index (χ2n) is 5.02. The molecular formula is C15H18N4. The van der Waals surface area contributed by atoms with Crippen LogP contribution in [-0.4, -0.2) is 16.5 Å². The van der Waals surface area contributed by atoms with Crippen molar-refractivity contribution in [2.75, 3.05) is 11.9 Å². The van der Waals surface area contributed by atoms with Crippen LogP contribution in [0.2, 0.25) is 0 Å². The van der Waals surface area contributed by atoms with Gasteiger partial charge < -0.3 is 10.6 Å². The van der Waals surface area contributed by atoms with E-state index in [-0.39, 0.29) is 0 Å². The smallest absolute Gasteiger partial charge is 0.138 e. The minimum absolute atomic E-state index is 0.837. The number of rotatable bonds is 2. The molecule has 0 saturated heterocycles. The molecule has 4 heteroatoms. The Balaban J connectivity index is 1.97. The summed E-state index contributed by atoms with van der Waals surface area (Å²) in [7, 11) is 0. The maximum absolute atomic E-state index is 4.40. The third-order valence-corrected chi connectivity index (χ3v) is 3.52. The van der Waals surface area contributed by atoms with E-state index < -0.39 is 0 Å². The molecule has 0 amide bonds. The van der Waals surface area contributed by atoms with Crippen LogP contribution in [0.3, 0.4) is 0 Å². The molecule has 2 N–H and O–H groups in total. The summed E-state index contributed by atoms with van der Waals surface area (Å²) in [5.74, 6) is 0.922. The lowest BCUT2D eigenvalue weighted by Crippen LogP contribution is -2.25. The van der Waals surface area contributed by atoms with Crippen LogP contribution in [0.15, 0.2) is 24.5 Å². The van der Waals surface area contributed by atoms with Gasteiger partial charge in [-0.2, -0.15) is 0 Å². The number of benzene rings is 1. The van der Waals surface area contributed by atoms with Crippen LogP contribution in [0.4, 0.5) is 11.5 Å². The van der Waals surface area contributed by atoms with Gasteiger partial charge in [0.1, 0.15) is 12.1 Å². The predicted molar refractivity (Wildman–Crippen MR) is 76.6 cm³/mol. The van der Waals surface area contributed by atoms with Crippen LogP contribution in [0, 0.1) is 13.8 Å². The van der Waals surface area contributed by atoms with Crippen LogP contribution in [0.5, 0.6) is 0 Å². The number of aryl methyl sites for hydroxylation is 2. The molecule has 0 bridgehead atoms. The van der Waals surface area contributed by atoms with Crippen molar-refractivity contribution in [3.63, 3.8) is 0 Å². The summed E-state index contributed by atoms with van der Waals surface area (Å²) in [5.41, 5.74) is 5.93. The molecule has 1 aromatic carbocycles. The molecule has 2 aromatic rings. The molecule has 0 fully saturated rings. The van der Waals surface area contributed by atoms with E-state index in [9.17, 15) is 0 Å². The highest BCUT2D eigenvalue weighted by Gasteiger charge is 2.15. The Bertz CT molecular complexity index is 607. The number of fused-ring (bicyclic) bond motifs is 1. The van der Waals surface area contributed by atoms with Crippen LogP contribution in [0.1, 0.15) is 22.4 Å². The molecule has 1 aliphatic rings. The van der Waals surface area contributed by atoms with Gasteiger partial charge in [-0.25, -0.2) is 9.97 Å². The second-order valence-corrected chi connectivity index (χ2v) is 5.02. The van der Waals surface area contributed by atoms with E-state index in [1.54, 1.807) is 6.33 Å². The number of hydrogen-bond donors (Lipinski definition) is 2. The molecule has 3 rings (SSSR count). The monoisotopic (exact) mass is 254 g/mol. The fraction of sp³-hybridized carbons (Fsp3) is 0.333. The third-order valence-electron chi connectivity index (χ3n) is 3.52. The average Bonchev–Trinajstić information content (AvgIpc) is 2.43. The Morgan fingerprint density at radius 1 is 1.21 bits per heavy atom. The van der Waals surface area contributed by atoms with Crippen molar-refractivity contribution in [1.29, 1.82) is 0 Å². The van der Waals surface area contributed by atoms with E-state index in [0.29, 0.717) is 0 Å². The Morgan fingerprint density at radius 2 is 2.11 bits per heavy atom. The van der Waals surface area contributed by atoms with E-state index in [1.165, 1.54) is 16.7 Å². The molecule has 4 nitrogen and oxygen atoms in total. The predicted octanol–water partition coefficient (Wildman–Crippen LogP) is 2.48. The summed E-state index contributed by atoms with van der Waals surface area (Å²) >= 11 is 0. The zero-order valence-corrected chi connectivity index (χ0v) is 11.3. The van der Waals surface area contributed by atoms with Gasteiger partial charge in [-0.15, -0.1) is 0 Å². The average molecular weight is 254 g/mol. The summed E-state index contributed by atoms with van der Waals surface area (Å²) in [6, 6.07) is 6.40. The highest BCUT2D eigenvalue weighted by atomic mass is 15.0. The summed E-state index contributed by atoms with van der Waals surface area (Å²) in [4.78, 5) is 8.77. The van der Waals surface area contributed by atoms with Gasteiger partial charge in [-0.1, -0.05) is 12.1 Å². The van der Waals surface area contributed by atoms with E-state index in [4.69, 9.17) is 0 Å². The molecule has 19 heavy (non-hydrogen) atoms. The first-order chi connectivity index (χ1) is 9.24. The van der Waals surface area contributed by atoms with Crippen LogP contribution in [-0.2, 0) is 13.0 Å². The lowest BCUT2D eigenvalue weighted by Gasteiger charge is -2.19. The molecule has 0 spiro atoms. The van der Waals surface area contributed by atoms with Crippen molar-refractivity contribution >= 4 is 11.5 Å². The Kier molecular flexibility index (Phi) is 3.17. The minimum atomic E-state index is 0.837. The Morgan fingerprint density at radius 3 is 3.00 bits per heavy atom. The van der Waals surface area contributed by atoms with Gasteiger partial charge in [0.2, 0.25) is 0 Å². The van der Waals surface area contributed by atoms with Gasteiger partial charge in [-0.05, 0) is 31.0 Å². The maximum atomic E-state index is 4.40. The number of hydrogen-bond acceptors (Lipinski definition) is 4. The Hall–Kier alpha value is -1.94. The lowest BCUT2D eigenvalue weighted by atomic mass is 10.1. The third kappa shape index (κ3) is 2.44. The first-order valence-corrected chi connectivity index (χ1v) is 6.62. The van der Waals surface area contributed by atoms with Crippen molar-refractivity contribution in [2.24, 2.45) is 0 Å². The quantitative estimate of drug-likeness (QED) is 0.864. The molecule has 0 radical (unpaired) electrons. The highest BCUT2D eigenvalue weighted by molar-refractivity contribution is 5.64. The SMILES string of the molecule is Cc1ccc(C)c(Nc2ncnc3c2CNCC3)c1. The first-order valence-electron chi connectivity index (χ1n) is 6.62. The molecule has 2 heterocycles. The Labute approximate surface area is 113 Å². The normalized spacial score (nSPS) is 14.0. The first kappa shape index (κ1) is 12.1. The summed E-state index contributed by atoms with van der Waals surface area (Å²) < 4.78 is 0. The summed E-state index contributed by atoms with van der Waals surface area (Å²) in [6.45, 7) is 6.03. The molecule has 1 aliphatic heterocycles. The van der Waals surface area contributed by atoms with Gasteiger partial charge in [0, 0.05) is 30.8 Å². The van der Waals surface area contributed by atoms with Gasteiger partial charge >= 0.3 is 0 Å². The summed E-state index contributed by atoms with van der Waals surface area (Å²) in [5, 5.41) is 6.82. The zero-order chi connectivity index (χ0) is 13.2. The second kappa shape index (κ2) is 4.97. The van der Waals surface area contributed by atoms with Crippen molar-refractivity contribution < 1.29 is 0 Å². The zero-order valence-electron chi connectivity index (χ0n) is 11.3. The maximum Gasteiger partial charge on any atom is 0.138 e. The fourth-order valence-electron chi connectivity index (χ4n) is 2.38. The van der Waals surface area contributed by atoms with E-state index in [2.05, 4.69) is 52.6 Å². The molecule has 98 valence electrons. The van der Waals surface area contributed by atoms with Crippen LogP contribution >= 0.6 is 0 Å². The van der Waals surface area contributed by atoms with E-state index in [1.807, 2.05) is 0 Å². The van der Waals surface area contributed by atoms with Crippen molar-refractivity contribution in [3.05, 3.63) is 46.9 Å². The molecule has 0 saturated carbocycles. The molecule has 0 atom stereocenters. The van der Waals surface area contributed by atoms with E-state index in [0.717, 1.165) is 36.7 Å². The van der Waals surface area contributed by atoms with Gasteiger partial charge in [0.25, 0.3) is 0 Å². The van der Waals surface area contributed by atoms with Gasteiger partial charge in [0.15, 0.2) is 0 Å². The number of aromatic nitrogens is 2. The van der Waals surface area contributed by atoms with Crippen molar-refractivity contribution in [3.8, 4) is 0 Å². The lowest BCUT2D eigenvalue weighted by molar-refractivity contribution is 0.627. The highest BCUT2D eigenvalue weighted by Crippen LogP contribution is 2.25. The fourth-order valence-corrected chi connectivity index (χ4v) is 2.38. The molecular weight excluding hydrogens is 236 g/mol. The standard InChI is InChI=1S/C15H18N4/c1-10-3-4-11(2)14(7-10)19-15-12-8-16-6-5-13(12)17-9-18-15/h3-4,7,9,16H,5-6,8H2,1-2H3,(H,17,18,19). The van der Waals surface area contributed by atoms with Crippen LogP contribution in [0.25, 0.3) is 0 Å².